The number of hydrogen-bond donors (Lipinski definition) is 1. The maximum atomic E-state index is 12.7. The molecule has 0 aromatic heterocycles. The van der Waals surface area contributed by atoms with Crippen molar-refractivity contribution in [2.75, 3.05) is 6.54 Å². The van der Waals surface area contributed by atoms with Crippen molar-refractivity contribution < 1.29 is 4.79 Å². The molecule has 2 N–H and O–H groups in total. The summed E-state index contributed by atoms with van der Waals surface area (Å²) in [6.07, 6.45) is 9.24. The first kappa shape index (κ1) is 14.8. The van der Waals surface area contributed by atoms with Crippen molar-refractivity contribution in [2.45, 2.75) is 64.3 Å². The van der Waals surface area contributed by atoms with Gasteiger partial charge in [0.15, 0.2) is 0 Å². The Hall–Kier alpha value is -0.640. The first-order valence-corrected chi connectivity index (χ1v) is 8.15. The van der Waals surface area contributed by atoms with Crippen molar-refractivity contribution >= 4 is 23.1 Å². The monoisotopic (exact) mass is 282 g/mol. The fourth-order valence-corrected chi connectivity index (χ4v) is 3.99. The molecule has 1 aliphatic heterocycles. The van der Waals surface area contributed by atoms with Crippen LogP contribution in [0.15, 0.2) is 0 Å². The van der Waals surface area contributed by atoms with E-state index in [2.05, 4.69) is 11.8 Å². The number of hydrogen-bond acceptors (Lipinski definition) is 2. The Bertz CT molecular complexity index is 343. The number of amides is 1. The largest absolute Gasteiger partial charge is 0.393 e. The highest BCUT2D eigenvalue weighted by molar-refractivity contribution is 7.80. The summed E-state index contributed by atoms with van der Waals surface area (Å²) in [6.45, 7) is 2.99. The van der Waals surface area contributed by atoms with Crippen molar-refractivity contribution in [3.05, 3.63) is 0 Å². The van der Waals surface area contributed by atoms with E-state index in [0.717, 1.165) is 31.7 Å². The fraction of sp³-hybridized carbons (Fsp3) is 0.867. The number of nitrogens with zero attached hydrogens (tertiary/aromatic N) is 1. The second-order valence-corrected chi connectivity index (χ2v) is 6.50. The number of carbonyl (C=O) groups is 1. The van der Waals surface area contributed by atoms with Crippen LogP contribution in [0, 0.1) is 11.8 Å². The molecule has 1 unspecified atom stereocenters. The highest BCUT2D eigenvalue weighted by Gasteiger charge is 2.38. The van der Waals surface area contributed by atoms with Gasteiger partial charge < -0.3 is 10.6 Å². The molecule has 3 atom stereocenters. The van der Waals surface area contributed by atoms with E-state index >= 15 is 0 Å². The zero-order chi connectivity index (χ0) is 13.8. The minimum atomic E-state index is -0.235. The van der Waals surface area contributed by atoms with E-state index in [1.165, 1.54) is 32.1 Å². The number of rotatable bonds is 4. The van der Waals surface area contributed by atoms with Crippen molar-refractivity contribution in [3.8, 4) is 0 Å². The van der Waals surface area contributed by atoms with E-state index in [1.807, 2.05) is 0 Å². The number of likely N-dealkylation sites (tertiary alicyclic amines) is 1. The molecule has 0 radical (unpaired) electrons. The van der Waals surface area contributed by atoms with Gasteiger partial charge in [-0.25, -0.2) is 0 Å². The van der Waals surface area contributed by atoms with Gasteiger partial charge in [0.1, 0.15) is 0 Å². The highest BCUT2D eigenvalue weighted by atomic mass is 32.1. The van der Waals surface area contributed by atoms with Gasteiger partial charge in [0, 0.05) is 12.6 Å². The third kappa shape index (κ3) is 3.28. The molecular weight excluding hydrogens is 256 g/mol. The minimum Gasteiger partial charge on any atom is -0.393 e. The molecule has 2 rings (SSSR count). The van der Waals surface area contributed by atoms with E-state index in [0.29, 0.717) is 11.0 Å². The molecule has 1 saturated carbocycles. The van der Waals surface area contributed by atoms with Crippen LogP contribution in [0.5, 0.6) is 0 Å². The number of fused-ring (bicyclic) bond motifs is 1. The molecule has 2 aliphatic rings. The van der Waals surface area contributed by atoms with Crippen LogP contribution in [0.4, 0.5) is 0 Å². The molecule has 0 spiro atoms. The van der Waals surface area contributed by atoms with Gasteiger partial charge in [0.25, 0.3) is 0 Å². The van der Waals surface area contributed by atoms with Crippen molar-refractivity contribution in [2.24, 2.45) is 17.6 Å². The molecule has 3 nitrogen and oxygen atoms in total. The van der Waals surface area contributed by atoms with Crippen LogP contribution >= 0.6 is 12.2 Å². The second kappa shape index (κ2) is 6.69. The number of nitrogens with two attached hydrogens (primary N) is 1. The molecule has 1 aliphatic carbocycles. The van der Waals surface area contributed by atoms with Crippen molar-refractivity contribution in [1.29, 1.82) is 0 Å². The normalized spacial score (nSPS) is 28.6. The Morgan fingerprint density at radius 3 is 2.68 bits per heavy atom. The predicted octanol–water partition coefficient (Wildman–Crippen LogP) is 2.87. The summed E-state index contributed by atoms with van der Waals surface area (Å²) in [6, 6.07) is 0.462. The van der Waals surface area contributed by atoms with Gasteiger partial charge in [-0.1, -0.05) is 38.4 Å². The molecule has 4 heteroatoms. The summed E-state index contributed by atoms with van der Waals surface area (Å²) in [4.78, 5) is 15.2. The molecule has 19 heavy (non-hydrogen) atoms. The van der Waals surface area contributed by atoms with Crippen LogP contribution in [0.2, 0.25) is 0 Å². The maximum Gasteiger partial charge on any atom is 0.232 e. The van der Waals surface area contributed by atoms with Crippen LogP contribution < -0.4 is 5.73 Å². The van der Waals surface area contributed by atoms with E-state index in [4.69, 9.17) is 18.0 Å². The summed E-state index contributed by atoms with van der Waals surface area (Å²) in [5.74, 6) is 0.687. The third-order valence-electron chi connectivity index (χ3n) is 4.75. The Morgan fingerprint density at radius 1 is 1.32 bits per heavy atom. The first-order chi connectivity index (χ1) is 9.15. The molecule has 1 amide bonds. The molecule has 2 fully saturated rings. The van der Waals surface area contributed by atoms with Gasteiger partial charge in [0.2, 0.25) is 5.91 Å². The predicted molar refractivity (Wildman–Crippen MR) is 81.9 cm³/mol. The lowest BCUT2D eigenvalue weighted by atomic mass is 9.78. The lowest BCUT2D eigenvalue weighted by Gasteiger charge is -2.45. The summed E-state index contributed by atoms with van der Waals surface area (Å²) in [5, 5.41) is 0. The molecule has 0 bridgehead atoms. The fourth-order valence-electron chi connectivity index (χ4n) is 3.77. The van der Waals surface area contributed by atoms with Crippen LogP contribution in [-0.4, -0.2) is 28.4 Å². The van der Waals surface area contributed by atoms with Crippen LogP contribution in [0.1, 0.15) is 58.3 Å². The summed E-state index contributed by atoms with van der Waals surface area (Å²) in [7, 11) is 0. The first-order valence-electron chi connectivity index (χ1n) is 7.75. The van der Waals surface area contributed by atoms with Gasteiger partial charge in [-0.2, -0.15) is 0 Å². The Kier molecular flexibility index (Phi) is 5.20. The molecule has 108 valence electrons. The molecule has 1 heterocycles. The van der Waals surface area contributed by atoms with Crippen LogP contribution in [-0.2, 0) is 4.79 Å². The van der Waals surface area contributed by atoms with Crippen LogP contribution in [0.3, 0.4) is 0 Å². The highest BCUT2D eigenvalue weighted by Crippen LogP contribution is 2.36. The topological polar surface area (TPSA) is 46.3 Å². The average molecular weight is 282 g/mol. The quantitative estimate of drug-likeness (QED) is 0.807. The third-order valence-corrected chi connectivity index (χ3v) is 5.03. The second-order valence-electron chi connectivity index (χ2n) is 6.03. The van der Waals surface area contributed by atoms with Gasteiger partial charge in [-0.3, -0.25) is 4.79 Å². The zero-order valence-electron chi connectivity index (χ0n) is 11.9. The SMILES string of the molecule is CCCC(C(=O)N1CCC[C@H]2CCCC[C@H]21)C(N)=S. The number of thiocarbonyl (C=S) groups is 1. The summed E-state index contributed by atoms with van der Waals surface area (Å²) >= 11 is 5.10. The molecule has 0 aromatic carbocycles. The lowest BCUT2D eigenvalue weighted by Crippen LogP contribution is -2.53. The Labute approximate surface area is 121 Å². The smallest absolute Gasteiger partial charge is 0.232 e. The van der Waals surface area contributed by atoms with Gasteiger partial charge in [-0.05, 0) is 38.0 Å². The Balaban J connectivity index is 2.09. The van der Waals surface area contributed by atoms with Gasteiger partial charge >= 0.3 is 0 Å². The minimum absolute atomic E-state index is 0.200. The number of piperidine rings is 1. The van der Waals surface area contributed by atoms with E-state index in [9.17, 15) is 4.79 Å². The van der Waals surface area contributed by atoms with Gasteiger partial charge in [0.05, 0.1) is 10.9 Å². The van der Waals surface area contributed by atoms with Crippen molar-refractivity contribution in [3.63, 3.8) is 0 Å². The number of carbonyl (C=O) groups excluding carboxylic acids is 1. The summed E-state index contributed by atoms with van der Waals surface area (Å²) in [5.41, 5.74) is 5.78. The lowest BCUT2D eigenvalue weighted by molar-refractivity contribution is -0.139. The van der Waals surface area contributed by atoms with Crippen molar-refractivity contribution in [1.82, 2.24) is 4.90 Å². The van der Waals surface area contributed by atoms with Crippen LogP contribution in [0.25, 0.3) is 0 Å². The Morgan fingerprint density at radius 2 is 2.00 bits per heavy atom. The van der Waals surface area contributed by atoms with E-state index in [1.54, 1.807) is 0 Å². The van der Waals surface area contributed by atoms with E-state index in [-0.39, 0.29) is 11.8 Å². The molecule has 1 saturated heterocycles. The zero-order valence-corrected chi connectivity index (χ0v) is 12.8. The van der Waals surface area contributed by atoms with E-state index < -0.39 is 0 Å². The molecule has 0 aromatic rings. The van der Waals surface area contributed by atoms with Gasteiger partial charge in [-0.15, -0.1) is 0 Å². The molecular formula is C15H26N2OS. The average Bonchev–Trinajstić information content (AvgIpc) is 2.43. The maximum absolute atomic E-state index is 12.7. The summed E-state index contributed by atoms with van der Waals surface area (Å²) < 4.78 is 0. The standard InChI is InChI=1S/C15H26N2OS/c1-2-6-12(14(16)19)15(18)17-10-5-8-11-7-3-4-9-13(11)17/h11-13H,2-10H2,1H3,(H2,16,19)/t11-,12?,13-/m1/s1.